The van der Waals surface area contributed by atoms with E-state index in [1.807, 2.05) is 20.8 Å². The third kappa shape index (κ3) is 4.43. The van der Waals surface area contributed by atoms with Gasteiger partial charge in [0, 0.05) is 10.5 Å². The van der Waals surface area contributed by atoms with Gasteiger partial charge in [0.2, 0.25) is 0 Å². The summed E-state index contributed by atoms with van der Waals surface area (Å²) >= 11 is 3.44. The smallest absolute Gasteiger partial charge is 0.410 e. The van der Waals surface area contributed by atoms with Crippen LogP contribution in [0.1, 0.15) is 44.7 Å². The first-order valence-electron chi connectivity index (χ1n) is 7.11. The van der Waals surface area contributed by atoms with E-state index >= 15 is 0 Å². The Hall–Kier alpha value is -1.10. The van der Waals surface area contributed by atoms with E-state index < -0.39 is 5.60 Å². The zero-order valence-corrected chi connectivity index (χ0v) is 14.5. The molecule has 1 aliphatic rings. The summed E-state index contributed by atoms with van der Waals surface area (Å²) in [6, 6.07) is 3.43. The zero-order chi connectivity index (χ0) is 15.8. The van der Waals surface area contributed by atoms with Crippen molar-refractivity contribution in [1.29, 1.82) is 0 Å². The van der Waals surface area contributed by atoms with Crippen LogP contribution in [0.5, 0.6) is 0 Å². The molecule has 1 aliphatic carbocycles. The molecule has 116 valence electrons. The first-order valence-corrected chi connectivity index (χ1v) is 7.91. The van der Waals surface area contributed by atoms with Crippen LogP contribution < -0.4 is 0 Å². The number of carbonyl (C=O) groups excluding carboxylic acids is 1. The number of hydrogen-bond donors (Lipinski definition) is 0. The van der Waals surface area contributed by atoms with Crippen LogP contribution in [0.4, 0.5) is 9.18 Å². The quantitative estimate of drug-likeness (QED) is 0.777. The number of nitrogens with zero attached hydrogens (tertiary/aromatic N) is 1. The summed E-state index contributed by atoms with van der Waals surface area (Å²) in [5, 5.41) is 0. The van der Waals surface area contributed by atoms with Crippen LogP contribution in [-0.2, 0) is 11.3 Å². The molecule has 21 heavy (non-hydrogen) atoms. The summed E-state index contributed by atoms with van der Waals surface area (Å²) in [7, 11) is 0. The van der Waals surface area contributed by atoms with Crippen molar-refractivity contribution in [2.45, 2.75) is 58.7 Å². The Balaban J connectivity index is 2.17. The number of aryl methyl sites for hydroxylation is 1. The van der Waals surface area contributed by atoms with Gasteiger partial charge in [0.15, 0.2) is 0 Å². The number of benzene rings is 1. The number of carbonyl (C=O) groups is 1. The lowest BCUT2D eigenvalue weighted by atomic mass is 10.1. The molecule has 1 fully saturated rings. The monoisotopic (exact) mass is 357 g/mol. The van der Waals surface area contributed by atoms with Crippen molar-refractivity contribution in [1.82, 2.24) is 4.90 Å². The molecule has 5 heteroatoms. The lowest BCUT2D eigenvalue weighted by Gasteiger charge is -2.27. The molecular formula is C16H21BrFNO2. The predicted molar refractivity (Wildman–Crippen MR) is 83.6 cm³/mol. The van der Waals surface area contributed by atoms with Crippen LogP contribution in [0.2, 0.25) is 0 Å². The minimum atomic E-state index is -0.528. The molecule has 0 saturated heterocycles. The highest BCUT2D eigenvalue weighted by Crippen LogP contribution is 2.32. The standard InChI is InChI=1S/C16H21BrFNO2/c1-10-7-13(17)11(8-14(10)18)9-19(12-5-6-12)15(20)21-16(2,3)4/h7-8,12H,5-6,9H2,1-4H3. The van der Waals surface area contributed by atoms with E-state index in [0.717, 1.165) is 22.9 Å². The lowest BCUT2D eigenvalue weighted by Crippen LogP contribution is -2.37. The molecular weight excluding hydrogens is 337 g/mol. The molecule has 1 aromatic rings. The molecule has 0 radical (unpaired) electrons. The highest BCUT2D eigenvalue weighted by atomic mass is 79.9. The summed E-state index contributed by atoms with van der Waals surface area (Å²) < 4.78 is 20.0. The molecule has 2 rings (SSSR count). The Bertz CT molecular complexity index is 550. The topological polar surface area (TPSA) is 29.5 Å². The van der Waals surface area contributed by atoms with E-state index in [0.29, 0.717) is 12.1 Å². The largest absolute Gasteiger partial charge is 0.444 e. The number of hydrogen-bond acceptors (Lipinski definition) is 2. The maximum absolute atomic E-state index is 13.7. The maximum Gasteiger partial charge on any atom is 0.410 e. The molecule has 0 bridgehead atoms. The maximum atomic E-state index is 13.7. The Labute approximate surface area is 133 Å². The molecule has 0 N–H and O–H groups in total. The fourth-order valence-electron chi connectivity index (χ4n) is 2.04. The van der Waals surface area contributed by atoms with Crippen molar-refractivity contribution < 1.29 is 13.9 Å². The molecule has 1 aromatic carbocycles. The van der Waals surface area contributed by atoms with E-state index in [-0.39, 0.29) is 18.0 Å². The van der Waals surface area contributed by atoms with Crippen molar-refractivity contribution in [2.75, 3.05) is 0 Å². The third-order valence-electron chi connectivity index (χ3n) is 3.28. The lowest BCUT2D eigenvalue weighted by molar-refractivity contribution is 0.0216. The van der Waals surface area contributed by atoms with Crippen molar-refractivity contribution in [3.8, 4) is 0 Å². The van der Waals surface area contributed by atoms with Gasteiger partial charge >= 0.3 is 6.09 Å². The minimum Gasteiger partial charge on any atom is -0.444 e. The van der Waals surface area contributed by atoms with E-state index in [2.05, 4.69) is 15.9 Å². The average Bonchev–Trinajstić information content (AvgIpc) is 3.13. The minimum absolute atomic E-state index is 0.205. The van der Waals surface area contributed by atoms with Crippen molar-refractivity contribution in [3.05, 3.63) is 33.5 Å². The highest BCUT2D eigenvalue weighted by Gasteiger charge is 2.35. The number of amides is 1. The predicted octanol–water partition coefficient (Wildman–Crippen LogP) is 4.80. The van der Waals surface area contributed by atoms with Crippen LogP contribution in [-0.4, -0.2) is 22.6 Å². The first-order chi connectivity index (χ1) is 9.67. The highest BCUT2D eigenvalue weighted by molar-refractivity contribution is 9.10. The van der Waals surface area contributed by atoms with Crippen LogP contribution in [0, 0.1) is 12.7 Å². The molecule has 0 aromatic heterocycles. The average molecular weight is 358 g/mol. The molecule has 0 spiro atoms. The molecule has 3 nitrogen and oxygen atoms in total. The zero-order valence-electron chi connectivity index (χ0n) is 12.9. The number of ether oxygens (including phenoxy) is 1. The summed E-state index contributed by atoms with van der Waals surface area (Å²) in [6.45, 7) is 7.61. The molecule has 0 unspecified atom stereocenters. The van der Waals surface area contributed by atoms with Crippen molar-refractivity contribution in [3.63, 3.8) is 0 Å². The van der Waals surface area contributed by atoms with Crippen molar-refractivity contribution in [2.24, 2.45) is 0 Å². The van der Waals surface area contributed by atoms with Gasteiger partial charge in [0.05, 0.1) is 6.54 Å². The first kappa shape index (κ1) is 16.3. The van der Waals surface area contributed by atoms with Crippen LogP contribution >= 0.6 is 15.9 Å². The Morgan fingerprint density at radius 1 is 1.43 bits per heavy atom. The summed E-state index contributed by atoms with van der Waals surface area (Å²) in [5.41, 5.74) is 0.816. The van der Waals surface area contributed by atoms with Crippen LogP contribution in [0.25, 0.3) is 0 Å². The second-order valence-electron chi connectivity index (χ2n) is 6.53. The van der Waals surface area contributed by atoms with E-state index in [4.69, 9.17) is 4.74 Å². The molecule has 0 atom stereocenters. The molecule has 0 aliphatic heterocycles. The van der Waals surface area contributed by atoms with Crippen LogP contribution in [0.15, 0.2) is 16.6 Å². The SMILES string of the molecule is Cc1cc(Br)c(CN(C(=O)OC(C)(C)C)C2CC2)cc1F. The van der Waals surface area contributed by atoms with Crippen LogP contribution in [0.3, 0.4) is 0 Å². The normalized spacial score (nSPS) is 15.0. The molecule has 1 saturated carbocycles. The van der Waals surface area contributed by atoms with Gasteiger partial charge in [-0.3, -0.25) is 0 Å². The van der Waals surface area contributed by atoms with Gasteiger partial charge < -0.3 is 9.64 Å². The number of halogens is 2. The van der Waals surface area contributed by atoms with Gasteiger partial charge in [-0.1, -0.05) is 15.9 Å². The van der Waals surface area contributed by atoms with Crippen molar-refractivity contribution >= 4 is 22.0 Å². The van der Waals surface area contributed by atoms with E-state index in [1.165, 1.54) is 6.07 Å². The number of rotatable bonds is 3. The van der Waals surface area contributed by atoms with Gasteiger partial charge in [0.1, 0.15) is 11.4 Å². The fraction of sp³-hybridized carbons (Fsp3) is 0.562. The van der Waals surface area contributed by atoms with Gasteiger partial charge in [0.25, 0.3) is 0 Å². The van der Waals surface area contributed by atoms with Gasteiger partial charge in [-0.25, -0.2) is 9.18 Å². The fourth-order valence-corrected chi connectivity index (χ4v) is 2.62. The van der Waals surface area contributed by atoms with E-state index in [1.54, 1.807) is 17.9 Å². The third-order valence-corrected chi connectivity index (χ3v) is 4.02. The summed E-state index contributed by atoms with van der Waals surface area (Å²) in [5.74, 6) is -0.256. The summed E-state index contributed by atoms with van der Waals surface area (Å²) in [6.07, 6.45) is 1.62. The van der Waals surface area contributed by atoms with E-state index in [9.17, 15) is 9.18 Å². The van der Waals surface area contributed by atoms with Gasteiger partial charge in [-0.2, -0.15) is 0 Å². The Morgan fingerprint density at radius 3 is 2.57 bits per heavy atom. The second kappa shape index (κ2) is 5.95. The van der Waals surface area contributed by atoms with Gasteiger partial charge in [-0.15, -0.1) is 0 Å². The van der Waals surface area contributed by atoms with Gasteiger partial charge in [-0.05, 0) is 63.8 Å². The Morgan fingerprint density at radius 2 is 2.05 bits per heavy atom. The second-order valence-corrected chi connectivity index (χ2v) is 7.39. The Kier molecular flexibility index (Phi) is 4.61. The molecule has 0 heterocycles. The summed E-state index contributed by atoms with van der Waals surface area (Å²) in [4.78, 5) is 14.0. The molecule has 1 amide bonds.